The van der Waals surface area contributed by atoms with Gasteiger partial charge in [0.05, 0.1) is 31.2 Å². The number of nitrogens with zero attached hydrogens (tertiary/aromatic N) is 2. The predicted molar refractivity (Wildman–Crippen MR) is 158 cm³/mol. The summed E-state index contributed by atoms with van der Waals surface area (Å²) in [5.41, 5.74) is 2.93. The fourth-order valence-electron chi connectivity index (χ4n) is 4.97. The maximum absolute atomic E-state index is 12.8. The minimum Gasteiger partial charge on any atom is -0.493 e. The summed E-state index contributed by atoms with van der Waals surface area (Å²) in [6.45, 7) is 2.29. The third-order valence-electron chi connectivity index (χ3n) is 7.40. The highest BCUT2D eigenvalue weighted by molar-refractivity contribution is 6.10. The van der Waals surface area contributed by atoms with Crippen molar-refractivity contribution in [2.75, 3.05) is 37.0 Å². The van der Waals surface area contributed by atoms with Crippen LogP contribution in [0.25, 0.3) is 0 Å². The zero-order valence-corrected chi connectivity index (χ0v) is 23.0. The molecule has 1 saturated heterocycles. The Hall–Kier alpha value is -4.72. The molecule has 210 valence electrons. The minimum atomic E-state index is -0.380. The van der Waals surface area contributed by atoms with Crippen molar-refractivity contribution in [3.8, 4) is 5.75 Å². The van der Waals surface area contributed by atoms with Gasteiger partial charge in [0.15, 0.2) is 5.78 Å². The summed E-state index contributed by atoms with van der Waals surface area (Å²) in [5, 5.41) is 2.88. The number of allylic oxidation sites excluding steroid dienone is 4. The van der Waals surface area contributed by atoms with Gasteiger partial charge in [0, 0.05) is 29.8 Å². The Morgan fingerprint density at radius 3 is 2.44 bits per heavy atom. The quantitative estimate of drug-likeness (QED) is 0.262. The zero-order valence-electron chi connectivity index (χ0n) is 23.0. The second-order valence-electron chi connectivity index (χ2n) is 10.2. The van der Waals surface area contributed by atoms with Crippen LogP contribution in [0.15, 0.2) is 90.7 Å². The van der Waals surface area contributed by atoms with Crippen molar-refractivity contribution < 1.29 is 23.9 Å². The topological polar surface area (TPSA) is 97.8 Å². The highest BCUT2D eigenvalue weighted by Gasteiger charge is 2.21. The molecule has 1 fully saturated rings. The molecule has 0 unspecified atom stereocenters. The van der Waals surface area contributed by atoms with E-state index in [1.807, 2.05) is 36.4 Å². The standard InChI is InChI=1S/C33H33N3O5/c1-40-33(39)27-8-5-9-29(20-27)41-22-23-16-18-36(19-17-23)30-15-14-28(21-34-30)35-32(38)26-12-10-25(11-13-26)31(37)24-6-3-2-4-7-24/h2-3,5-6,8-15,20-21,23H,4,7,16-19,22H2,1H3,(H,35,38). The molecular weight excluding hydrogens is 518 g/mol. The zero-order chi connectivity index (χ0) is 28.6. The second-order valence-corrected chi connectivity index (χ2v) is 10.2. The first-order valence-electron chi connectivity index (χ1n) is 13.8. The van der Waals surface area contributed by atoms with E-state index >= 15 is 0 Å². The van der Waals surface area contributed by atoms with Gasteiger partial charge >= 0.3 is 5.97 Å². The lowest BCUT2D eigenvalue weighted by atomic mass is 9.96. The molecule has 2 heterocycles. The number of carbonyl (C=O) groups is 3. The van der Waals surface area contributed by atoms with Crippen molar-refractivity contribution in [3.05, 3.63) is 107 Å². The van der Waals surface area contributed by atoms with E-state index in [0.717, 1.165) is 50.2 Å². The Kier molecular flexibility index (Phi) is 8.89. The molecule has 41 heavy (non-hydrogen) atoms. The number of methoxy groups -OCH3 is 1. The van der Waals surface area contributed by atoms with Crippen molar-refractivity contribution in [2.45, 2.75) is 25.7 Å². The first-order valence-corrected chi connectivity index (χ1v) is 13.8. The van der Waals surface area contributed by atoms with E-state index in [2.05, 4.69) is 15.2 Å². The fourth-order valence-corrected chi connectivity index (χ4v) is 4.97. The highest BCUT2D eigenvalue weighted by Crippen LogP contribution is 2.25. The second kappa shape index (κ2) is 13.1. The summed E-state index contributed by atoms with van der Waals surface area (Å²) < 4.78 is 10.7. The van der Waals surface area contributed by atoms with Crippen LogP contribution in [-0.2, 0) is 4.74 Å². The summed E-state index contributed by atoms with van der Waals surface area (Å²) >= 11 is 0. The van der Waals surface area contributed by atoms with Crippen LogP contribution in [0.3, 0.4) is 0 Å². The molecule has 0 atom stereocenters. The molecule has 1 aromatic heterocycles. The molecule has 1 amide bonds. The number of nitrogens with one attached hydrogen (secondary N) is 1. The van der Waals surface area contributed by atoms with E-state index < -0.39 is 0 Å². The van der Waals surface area contributed by atoms with Gasteiger partial charge < -0.3 is 19.7 Å². The van der Waals surface area contributed by atoms with Crippen LogP contribution in [0.5, 0.6) is 5.75 Å². The number of benzene rings is 2. The number of Topliss-reactive ketones (excluding diaryl/α,β-unsaturated/α-hetero) is 1. The molecule has 5 rings (SSSR count). The number of hydrogen-bond donors (Lipinski definition) is 1. The third-order valence-corrected chi connectivity index (χ3v) is 7.40. The molecule has 2 aromatic carbocycles. The lowest BCUT2D eigenvalue weighted by molar-refractivity contribution is 0.0600. The van der Waals surface area contributed by atoms with Gasteiger partial charge in [0.2, 0.25) is 0 Å². The lowest BCUT2D eigenvalue weighted by Crippen LogP contribution is -2.36. The van der Waals surface area contributed by atoms with Gasteiger partial charge in [-0.1, -0.05) is 36.4 Å². The normalized spacial score (nSPS) is 15.1. The van der Waals surface area contributed by atoms with E-state index in [9.17, 15) is 14.4 Å². The average Bonchev–Trinajstić information content (AvgIpc) is 3.04. The van der Waals surface area contributed by atoms with Gasteiger partial charge in [0.1, 0.15) is 11.6 Å². The van der Waals surface area contributed by atoms with Crippen molar-refractivity contribution in [3.63, 3.8) is 0 Å². The van der Waals surface area contributed by atoms with Gasteiger partial charge in [0.25, 0.3) is 5.91 Å². The summed E-state index contributed by atoms with van der Waals surface area (Å²) in [6, 6.07) is 17.6. The number of pyridine rings is 1. The highest BCUT2D eigenvalue weighted by atomic mass is 16.5. The number of carbonyl (C=O) groups excluding carboxylic acids is 3. The van der Waals surface area contributed by atoms with Gasteiger partial charge in [-0.15, -0.1) is 0 Å². The van der Waals surface area contributed by atoms with Gasteiger partial charge in [-0.25, -0.2) is 9.78 Å². The molecular formula is C33H33N3O5. The predicted octanol–water partition coefficient (Wildman–Crippen LogP) is 5.88. The number of esters is 1. The van der Waals surface area contributed by atoms with E-state index in [1.54, 1.807) is 48.7 Å². The molecule has 0 spiro atoms. The Labute approximate surface area is 239 Å². The summed E-state index contributed by atoms with van der Waals surface area (Å²) in [5.74, 6) is 1.30. The minimum absolute atomic E-state index is 0.00285. The molecule has 1 aliphatic heterocycles. The van der Waals surface area contributed by atoms with E-state index in [1.165, 1.54) is 7.11 Å². The first kappa shape index (κ1) is 27.8. The van der Waals surface area contributed by atoms with Crippen molar-refractivity contribution in [2.24, 2.45) is 5.92 Å². The molecule has 0 radical (unpaired) electrons. The Morgan fingerprint density at radius 1 is 0.976 bits per heavy atom. The number of anilines is 2. The molecule has 3 aromatic rings. The van der Waals surface area contributed by atoms with Crippen molar-refractivity contribution >= 4 is 29.2 Å². The summed E-state index contributed by atoms with van der Waals surface area (Å²) in [4.78, 5) is 43.9. The van der Waals surface area contributed by atoms with Crippen molar-refractivity contribution in [1.29, 1.82) is 0 Å². The molecule has 2 aliphatic rings. The molecule has 1 aliphatic carbocycles. The van der Waals surface area contributed by atoms with Gasteiger partial charge in [-0.2, -0.15) is 0 Å². The van der Waals surface area contributed by atoms with Gasteiger partial charge in [-0.3, -0.25) is 9.59 Å². The number of aromatic nitrogens is 1. The smallest absolute Gasteiger partial charge is 0.337 e. The number of ether oxygens (including phenoxy) is 2. The SMILES string of the molecule is COC(=O)c1cccc(OCC2CCN(c3ccc(NC(=O)c4ccc(C(=O)C5=CC=CCC5)cc4)cn3)CC2)c1. The van der Waals surface area contributed by atoms with Crippen LogP contribution < -0.4 is 15.0 Å². The molecule has 0 saturated carbocycles. The van der Waals surface area contributed by atoms with Crippen LogP contribution in [-0.4, -0.2) is 49.4 Å². The number of hydrogen-bond acceptors (Lipinski definition) is 7. The van der Waals surface area contributed by atoms with Crippen LogP contribution in [0.1, 0.15) is 56.8 Å². The summed E-state index contributed by atoms with van der Waals surface area (Å²) in [6.07, 6.45) is 11.0. The third kappa shape index (κ3) is 7.08. The van der Waals surface area contributed by atoms with Crippen LogP contribution in [0.4, 0.5) is 11.5 Å². The van der Waals surface area contributed by atoms with E-state index in [0.29, 0.717) is 40.7 Å². The summed E-state index contributed by atoms with van der Waals surface area (Å²) in [7, 11) is 1.36. The number of piperidine rings is 1. The fraction of sp³-hybridized carbons (Fsp3) is 0.273. The Balaban J connectivity index is 1.09. The lowest BCUT2D eigenvalue weighted by Gasteiger charge is -2.32. The van der Waals surface area contributed by atoms with E-state index in [4.69, 9.17) is 9.47 Å². The Bertz CT molecular complexity index is 1450. The number of amides is 1. The largest absolute Gasteiger partial charge is 0.493 e. The van der Waals surface area contributed by atoms with Crippen molar-refractivity contribution in [1.82, 2.24) is 4.98 Å². The Morgan fingerprint density at radius 2 is 1.76 bits per heavy atom. The monoisotopic (exact) mass is 551 g/mol. The van der Waals surface area contributed by atoms with E-state index in [-0.39, 0.29) is 17.7 Å². The molecule has 8 nitrogen and oxygen atoms in total. The van der Waals surface area contributed by atoms with Gasteiger partial charge in [-0.05, 0) is 74.1 Å². The number of ketones is 1. The van der Waals surface area contributed by atoms with Crippen LogP contribution in [0.2, 0.25) is 0 Å². The maximum Gasteiger partial charge on any atom is 0.337 e. The molecule has 8 heteroatoms. The molecule has 1 N–H and O–H groups in total. The average molecular weight is 552 g/mol. The van der Waals surface area contributed by atoms with Crippen LogP contribution >= 0.6 is 0 Å². The molecule has 0 bridgehead atoms. The first-order chi connectivity index (χ1) is 20.0. The van der Waals surface area contributed by atoms with Crippen LogP contribution in [0, 0.1) is 5.92 Å². The number of rotatable bonds is 9. The maximum atomic E-state index is 12.8.